The number of methoxy groups -OCH3 is 1. The number of hydrogen-bond donors (Lipinski definition) is 1. The van der Waals surface area contributed by atoms with Crippen LogP contribution in [0.3, 0.4) is 0 Å². The van der Waals surface area contributed by atoms with E-state index in [9.17, 15) is 9.50 Å². The summed E-state index contributed by atoms with van der Waals surface area (Å²) in [6, 6.07) is 13.0. The average molecular weight is 232 g/mol. The smallest absolute Gasteiger partial charge is 0.123 e. The van der Waals surface area contributed by atoms with Gasteiger partial charge in [-0.1, -0.05) is 24.3 Å². The molecule has 0 aliphatic heterocycles. The van der Waals surface area contributed by atoms with Gasteiger partial charge in [-0.05, 0) is 35.4 Å². The van der Waals surface area contributed by atoms with Gasteiger partial charge in [0.1, 0.15) is 17.7 Å². The molecule has 0 saturated carbocycles. The minimum atomic E-state index is -0.823. The van der Waals surface area contributed by atoms with Crippen LogP contribution in [0.4, 0.5) is 4.39 Å². The molecule has 0 aromatic heterocycles. The fourth-order valence-corrected chi connectivity index (χ4v) is 1.66. The molecule has 0 heterocycles. The Balaban J connectivity index is 2.27. The zero-order valence-electron chi connectivity index (χ0n) is 9.43. The topological polar surface area (TPSA) is 29.5 Å². The Morgan fingerprint density at radius 3 is 2.35 bits per heavy atom. The number of aliphatic hydroxyl groups is 1. The van der Waals surface area contributed by atoms with Gasteiger partial charge in [0.15, 0.2) is 0 Å². The van der Waals surface area contributed by atoms with Crippen molar-refractivity contribution in [3.8, 4) is 5.75 Å². The summed E-state index contributed by atoms with van der Waals surface area (Å²) in [7, 11) is 1.58. The van der Waals surface area contributed by atoms with Crippen LogP contribution in [0.5, 0.6) is 5.75 Å². The van der Waals surface area contributed by atoms with Crippen LogP contribution in [-0.2, 0) is 0 Å². The first-order valence-electron chi connectivity index (χ1n) is 5.28. The third-order valence-corrected chi connectivity index (χ3v) is 2.60. The van der Waals surface area contributed by atoms with Crippen LogP contribution in [0.15, 0.2) is 48.5 Å². The molecular formula is C14H13FO2. The molecular weight excluding hydrogens is 219 g/mol. The molecule has 0 aliphatic rings. The fourth-order valence-electron chi connectivity index (χ4n) is 1.66. The van der Waals surface area contributed by atoms with Crippen molar-refractivity contribution in [3.63, 3.8) is 0 Å². The summed E-state index contributed by atoms with van der Waals surface area (Å²) < 4.78 is 18.1. The average Bonchev–Trinajstić information content (AvgIpc) is 2.38. The molecule has 0 spiro atoms. The van der Waals surface area contributed by atoms with Crippen LogP contribution in [0.25, 0.3) is 0 Å². The lowest BCUT2D eigenvalue weighted by atomic mass is 10.0. The molecule has 0 fully saturated rings. The van der Waals surface area contributed by atoms with E-state index in [1.807, 2.05) is 0 Å². The maximum Gasteiger partial charge on any atom is 0.123 e. The second-order valence-electron chi connectivity index (χ2n) is 3.73. The van der Waals surface area contributed by atoms with Gasteiger partial charge in [-0.3, -0.25) is 0 Å². The number of ether oxygens (including phenoxy) is 1. The van der Waals surface area contributed by atoms with Crippen LogP contribution < -0.4 is 4.74 Å². The minimum Gasteiger partial charge on any atom is -0.497 e. The summed E-state index contributed by atoms with van der Waals surface area (Å²) in [4.78, 5) is 0. The van der Waals surface area contributed by atoms with E-state index in [4.69, 9.17) is 4.74 Å². The van der Waals surface area contributed by atoms with Crippen LogP contribution in [0.1, 0.15) is 17.2 Å². The van der Waals surface area contributed by atoms with Crippen LogP contribution >= 0.6 is 0 Å². The normalized spacial score (nSPS) is 12.2. The van der Waals surface area contributed by atoms with Crippen molar-refractivity contribution < 1.29 is 14.2 Å². The Labute approximate surface area is 99.3 Å². The zero-order valence-corrected chi connectivity index (χ0v) is 9.43. The molecule has 3 heteroatoms. The predicted octanol–water partition coefficient (Wildman–Crippen LogP) is 2.92. The van der Waals surface area contributed by atoms with E-state index in [1.165, 1.54) is 12.1 Å². The van der Waals surface area contributed by atoms with E-state index in [-0.39, 0.29) is 5.82 Å². The monoisotopic (exact) mass is 232 g/mol. The fraction of sp³-hybridized carbons (Fsp3) is 0.143. The molecule has 2 nitrogen and oxygen atoms in total. The van der Waals surface area contributed by atoms with Crippen LogP contribution in [-0.4, -0.2) is 12.2 Å². The third kappa shape index (κ3) is 2.63. The van der Waals surface area contributed by atoms with Gasteiger partial charge < -0.3 is 9.84 Å². The van der Waals surface area contributed by atoms with E-state index < -0.39 is 6.10 Å². The van der Waals surface area contributed by atoms with Crippen molar-refractivity contribution in [2.45, 2.75) is 6.10 Å². The van der Waals surface area contributed by atoms with Gasteiger partial charge in [0, 0.05) is 0 Å². The molecule has 2 rings (SSSR count). The lowest BCUT2D eigenvalue weighted by Crippen LogP contribution is -1.99. The minimum absolute atomic E-state index is 0.352. The largest absolute Gasteiger partial charge is 0.497 e. The number of aliphatic hydroxyl groups excluding tert-OH is 1. The zero-order chi connectivity index (χ0) is 12.3. The van der Waals surface area contributed by atoms with Crippen molar-refractivity contribution >= 4 is 0 Å². The van der Waals surface area contributed by atoms with Gasteiger partial charge in [0.05, 0.1) is 7.11 Å². The molecule has 2 aromatic rings. The lowest BCUT2D eigenvalue weighted by molar-refractivity contribution is 0.219. The van der Waals surface area contributed by atoms with Crippen molar-refractivity contribution in [2.75, 3.05) is 7.11 Å². The van der Waals surface area contributed by atoms with Gasteiger partial charge in [-0.15, -0.1) is 0 Å². The molecule has 0 saturated heterocycles. The molecule has 88 valence electrons. The summed E-state index contributed by atoms with van der Waals surface area (Å²) in [6.45, 7) is 0. The molecule has 0 unspecified atom stereocenters. The van der Waals surface area contributed by atoms with Crippen LogP contribution in [0.2, 0.25) is 0 Å². The highest BCUT2D eigenvalue weighted by Gasteiger charge is 2.10. The van der Waals surface area contributed by atoms with Gasteiger partial charge in [-0.2, -0.15) is 0 Å². The van der Waals surface area contributed by atoms with E-state index in [0.29, 0.717) is 11.1 Å². The maximum absolute atomic E-state index is 13.0. The van der Waals surface area contributed by atoms with Gasteiger partial charge >= 0.3 is 0 Å². The van der Waals surface area contributed by atoms with E-state index in [1.54, 1.807) is 43.5 Å². The Morgan fingerprint density at radius 1 is 1.06 bits per heavy atom. The molecule has 2 aromatic carbocycles. The van der Waals surface area contributed by atoms with Crippen molar-refractivity contribution in [1.82, 2.24) is 0 Å². The highest BCUT2D eigenvalue weighted by Crippen LogP contribution is 2.24. The van der Waals surface area contributed by atoms with E-state index in [0.717, 1.165) is 5.75 Å². The molecule has 1 N–H and O–H groups in total. The van der Waals surface area contributed by atoms with Crippen molar-refractivity contribution in [2.24, 2.45) is 0 Å². The standard InChI is InChI=1S/C14H13FO2/c1-17-13-7-5-10(6-8-13)14(16)11-3-2-4-12(15)9-11/h2-9,14,16H,1H3/t14-/m1/s1. The molecule has 0 bridgehead atoms. The number of halogens is 1. The van der Waals surface area contributed by atoms with Gasteiger partial charge in [-0.25, -0.2) is 4.39 Å². The summed E-state index contributed by atoms with van der Waals surface area (Å²) in [5.41, 5.74) is 1.24. The summed E-state index contributed by atoms with van der Waals surface area (Å²) >= 11 is 0. The quantitative estimate of drug-likeness (QED) is 0.881. The van der Waals surface area contributed by atoms with Crippen molar-refractivity contribution in [1.29, 1.82) is 0 Å². The SMILES string of the molecule is COc1ccc([C@@H](O)c2cccc(F)c2)cc1. The molecule has 0 aliphatic carbocycles. The first-order valence-corrected chi connectivity index (χ1v) is 5.28. The Bertz CT molecular complexity index is 494. The summed E-state index contributed by atoms with van der Waals surface area (Å²) in [6.07, 6.45) is -0.823. The summed E-state index contributed by atoms with van der Waals surface area (Å²) in [5.74, 6) is 0.371. The number of hydrogen-bond acceptors (Lipinski definition) is 2. The second kappa shape index (κ2) is 4.97. The third-order valence-electron chi connectivity index (χ3n) is 2.60. The molecule has 1 atom stereocenters. The maximum atomic E-state index is 13.0. The predicted molar refractivity (Wildman–Crippen MR) is 63.5 cm³/mol. The van der Waals surface area contributed by atoms with Gasteiger partial charge in [0.25, 0.3) is 0 Å². The van der Waals surface area contributed by atoms with Crippen LogP contribution in [0, 0.1) is 5.82 Å². The van der Waals surface area contributed by atoms with Crippen molar-refractivity contribution in [3.05, 3.63) is 65.5 Å². The van der Waals surface area contributed by atoms with E-state index >= 15 is 0 Å². The highest BCUT2D eigenvalue weighted by molar-refractivity contribution is 5.34. The lowest BCUT2D eigenvalue weighted by Gasteiger charge is -2.12. The Hall–Kier alpha value is -1.87. The Morgan fingerprint density at radius 2 is 1.76 bits per heavy atom. The Kier molecular flexibility index (Phi) is 3.40. The molecule has 17 heavy (non-hydrogen) atoms. The number of rotatable bonds is 3. The molecule has 0 radical (unpaired) electrons. The first-order chi connectivity index (χ1) is 8.20. The summed E-state index contributed by atoms with van der Waals surface area (Å²) in [5, 5.41) is 10.1. The highest BCUT2D eigenvalue weighted by atomic mass is 19.1. The first kappa shape index (κ1) is 11.6. The molecule has 0 amide bonds. The van der Waals surface area contributed by atoms with E-state index in [2.05, 4.69) is 0 Å². The number of benzene rings is 2. The van der Waals surface area contributed by atoms with Gasteiger partial charge in [0.2, 0.25) is 0 Å². The second-order valence-corrected chi connectivity index (χ2v) is 3.73.